The highest BCUT2D eigenvalue weighted by atomic mass is 32.2. The molecule has 90 valence electrons. The zero-order chi connectivity index (χ0) is 12.1. The fraction of sp³-hybridized carbons (Fsp3) is 0.667. The maximum absolute atomic E-state index is 5.61. The topological polar surface area (TPSA) is 93.9 Å². The summed E-state index contributed by atoms with van der Waals surface area (Å²) in [4.78, 5) is 14.2. The predicted molar refractivity (Wildman–Crippen MR) is 68.4 cm³/mol. The van der Waals surface area contributed by atoms with Crippen molar-refractivity contribution in [3.8, 4) is 0 Å². The Morgan fingerprint density at radius 1 is 1.31 bits per heavy atom. The first kappa shape index (κ1) is 13.0. The first-order valence-electron chi connectivity index (χ1n) is 5.02. The van der Waals surface area contributed by atoms with Crippen LogP contribution >= 0.6 is 11.8 Å². The molecule has 16 heavy (non-hydrogen) atoms. The highest BCUT2D eigenvalue weighted by Crippen LogP contribution is 2.16. The van der Waals surface area contributed by atoms with E-state index in [1.165, 1.54) is 0 Å². The van der Waals surface area contributed by atoms with E-state index in [-0.39, 0.29) is 5.95 Å². The van der Waals surface area contributed by atoms with E-state index in [2.05, 4.69) is 21.9 Å². The third-order valence-electron chi connectivity index (χ3n) is 1.92. The standard InChI is InChI=1S/C9H18N6S/c1-6(4-10)16-5-7-12-8(11)14-9(13-7)15(2)3/h6H,4-5,10H2,1-3H3,(H2,11,12,13,14). The largest absolute Gasteiger partial charge is 0.368 e. The van der Waals surface area contributed by atoms with Gasteiger partial charge in [-0.25, -0.2) is 0 Å². The van der Waals surface area contributed by atoms with E-state index in [9.17, 15) is 0 Å². The molecule has 1 atom stereocenters. The van der Waals surface area contributed by atoms with Gasteiger partial charge < -0.3 is 16.4 Å². The van der Waals surface area contributed by atoms with Gasteiger partial charge in [0.25, 0.3) is 0 Å². The molecular weight excluding hydrogens is 224 g/mol. The van der Waals surface area contributed by atoms with E-state index in [4.69, 9.17) is 11.5 Å². The van der Waals surface area contributed by atoms with Crippen LogP contribution < -0.4 is 16.4 Å². The number of nitrogens with two attached hydrogens (primary N) is 2. The van der Waals surface area contributed by atoms with Crippen LogP contribution in [0.15, 0.2) is 0 Å². The van der Waals surface area contributed by atoms with Crippen molar-refractivity contribution in [1.29, 1.82) is 0 Å². The Balaban J connectivity index is 2.72. The molecule has 0 spiro atoms. The number of aromatic nitrogens is 3. The molecule has 0 saturated heterocycles. The molecule has 0 bridgehead atoms. The third kappa shape index (κ3) is 3.82. The highest BCUT2D eigenvalue weighted by molar-refractivity contribution is 7.99. The Kier molecular flexibility index (Phi) is 4.75. The number of hydrogen-bond donors (Lipinski definition) is 2. The van der Waals surface area contributed by atoms with Gasteiger partial charge in [0, 0.05) is 25.9 Å². The number of hydrogen-bond acceptors (Lipinski definition) is 7. The van der Waals surface area contributed by atoms with Gasteiger partial charge >= 0.3 is 0 Å². The lowest BCUT2D eigenvalue weighted by atomic mass is 10.5. The maximum atomic E-state index is 5.61. The van der Waals surface area contributed by atoms with E-state index in [1.807, 2.05) is 14.1 Å². The van der Waals surface area contributed by atoms with E-state index >= 15 is 0 Å². The molecule has 0 radical (unpaired) electrons. The summed E-state index contributed by atoms with van der Waals surface area (Å²) in [6, 6.07) is 0. The summed E-state index contributed by atoms with van der Waals surface area (Å²) in [6.07, 6.45) is 0. The molecular formula is C9H18N6S. The SMILES string of the molecule is CC(CN)SCc1nc(N)nc(N(C)C)n1. The fourth-order valence-electron chi connectivity index (χ4n) is 0.975. The molecule has 0 aromatic carbocycles. The van der Waals surface area contributed by atoms with Crippen molar-refractivity contribution in [1.82, 2.24) is 15.0 Å². The molecule has 0 saturated carbocycles. The van der Waals surface area contributed by atoms with Crippen LogP contribution in [0.2, 0.25) is 0 Å². The van der Waals surface area contributed by atoms with Gasteiger partial charge in [-0.1, -0.05) is 6.92 Å². The van der Waals surface area contributed by atoms with Crippen molar-refractivity contribution in [3.63, 3.8) is 0 Å². The van der Waals surface area contributed by atoms with Gasteiger partial charge in [-0.2, -0.15) is 15.0 Å². The second-order valence-corrected chi connectivity index (χ2v) is 5.09. The normalized spacial score (nSPS) is 12.5. The molecule has 4 N–H and O–H groups in total. The minimum absolute atomic E-state index is 0.259. The van der Waals surface area contributed by atoms with Crippen molar-refractivity contribution in [3.05, 3.63) is 5.82 Å². The summed E-state index contributed by atoms with van der Waals surface area (Å²) in [6.45, 7) is 2.72. The van der Waals surface area contributed by atoms with Gasteiger partial charge in [0.2, 0.25) is 11.9 Å². The van der Waals surface area contributed by atoms with Crippen LogP contribution in [0.1, 0.15) is 12.7 Å². The van der Waals surface area contributed by atoms with Crippen molar-refractivity contribution in [2.45, 2.75) is 17.9 Å². The molecule has 0 amide bonds. The van der Waals surface area contributed by atoms with E-state index in [1.54, 1.807) is 16.7 Å². The van der Waals surface area contributed by atoms with Crippen molar-refractivity contribution in [2.75, 3.05) is 31.3 Å². The van der Waals surface area contributed by atoms with Gasteiger partial charge in [0.05, 0.1) is 5.75 Å². The molecule has 0 fully saturated rings. The lowest BCUT2D eigenvalue weighted by Gasteiger charge is -2.12. The molecule has 1 aromatic rings. The van der Waals surface area contributed by atoms with Crippen molar-refractivity contribution in [2.24, 2.45) is 5.73 Å². The Hall–Kier alpha value is -1.08. The molecule has 1 aromatic heterocycles. The van der Waals surface area contributed by atoms with Crippen molar-refractivity contribution >= 4 is 23.7 Å². The monoisotopic (exact) mass is 242 g/mol. The molecule has 0 aliphatic rings. The summed E-state index contributed by atoms with van der Waals surface area (Å²) in [5.74, 6) is 2.24. The Labute approximate surface area is 99.8 Å². The van der Waals surface area contributed by atoms with Crippen LogP contribution in [-0.2, 0) is 5.75 Å². The molecule has 7 heteroatoms. The van der Waals surface area contributed by atoms with Crippen LogP contribution in [0.3, 0.4) is 0 Å². The second-order valence-electron chi connectivity index (χ2n) is 3.66. The smallest absolute Gasteiger partial charge is 0.229 e. The molecule has 1 unspecified atom stereocenters. The number of rotatable bonds is 5. The number of nitrogens with zero attached hydrogens (tertiary/aromatic N) is 4. The van der Waals surface area contributed by atoms with Gasteiger partial charge in [0.15, 0.2) is 0 Å². The maximum Gasteiger partial charge on any atom is 0.229 e. The third-order valence-corrected chi connectivity index (χ3v) is 3.10. The average Bonchev–Trinajstić information content (AvgIpc) is 2.25. The van der Waals surface area contributed by atoms with Crippen molar-refractivity contribution < 1.29 is 0 Å². The molecule has 1 heterocycles. The van der Waals surface area contributed by atoms with Crippen LogP contribution in [0.5, 0.6) is 0 Å². The van der Waals surface area contributed by atoms with Crippen LogP contribution in [0.4, 0.5) is 11.9 Å². The number of thioether (sulfide) groups is 1. The predicted octanol–water partition coefficient (Wildman–Crippen LogP) is 0.100. The van der Waals surface area contributed by atoms with Gasteiger partial charge in [-0.3, -0.25) is 0 Å². The summed E-state index contributed by atoms with van der Waals surface area (Å²) < 4.78 is 0. The summed E-state index contributed by atoms with van der Waals surface area (Å²) in [5, 5.41) is 0.390. The Morgan fingerprint density at radius 3 is 2.56 bits per heavy atom. The molecule has 6 nitrogen and oxygen atoms in total. The zero-order valence-corrected chi connectivity index (χ0v) is 10.7. The molecule has 0 aliphatic heterocycles. The lowest BCUT2D eigenvalue weighted by molar-refractivity contribution is 0.910. The summed E-state index contributed by atoms with van der Waals surface area (Å²) in [7, 11) is 3.74. The minimum Gasteiger partial charge on any atom is -0.368 e. The molecule has 0 aliphatic carbocycles. The van der Waals surface area contributed by atoms with Crippen LogP contribution in [0.25, 0.3) is 0 Å². The van der Waals surface area contributed by atoms with E-state index in [0.29, 0.717) is 29.3 Å². The Morgan fingerprint density at radius 2 is 2.00 bits per heavy atom. The van der Waals surface area contributed by atoms with Crippen LogP contribution in [0, 0.1) is 0 Å². The Bertz CT molecular complexity index is 343. The fourth-order valence-corrected chi connectivity index (χ4v) is 1.67. The average molecular weight is 242 g/mol. The first-order chi connectivity index (χ1) is 7.52. The zero-order valence-electron chi connectivity index (χ0n) is 9.84. The van der Waals surface area contributed by atoms with E-state index < -0.39 is 0 Å². The summed E-state index contributed by atoms with van der Waals surface area (Å²) >= 11 is 1.71. The van der Waals surface area contributed by atoms with Gasteiger partial charge in [-0.05, 0) is 0 Å². The minimum atomic E-state index is 0.259. The van der Waals surface area contributed by atoms with E-state index in [0.717, 1.165) is 0 Å². The highest BCUT2D eigenvalue weighted by Gasteiger charge is 2.07. The number of nitrogen functional groups attached to an aromatic ring is 1. The lowest BCUT2D eigenvalue weighted by Crippen LogP contribution is -2.17. The first-order valence-corrected chi connectivity index (χ1v) is 6.07. The molecule has 1 rings (SSSR count). The van der Waals surface area contributed by atoms with Gasteiger partial charge in [0.1, 0.15) is 5.82 Å². The summed E-state index contributed by atoms with van der Waals surface area (Å²) in [5.41, 5.74) is 11.2. The van der Waals surface area contributed by atoms with Gasteiger partial charge in [-0.15, -0.1) is 11.8 Å². The number of anilines is 2. The second kappa shape index (κ2) is 5.86. The quantitative estimate of drug-likeness (QED) is 0.756. The van der Waals surface area contributed by atoms with Crippen LogP contribution in [-0.4, -0.2) is 40.8 Å².